The van der Waals surface area contributed by atoms with Crippen molar-refractivity contribution in [1.82, 2.24) is 10.6 Å². The molecule has 1 fully saturated rings. The molecule has 0 unspecified atom stereocenters. The van der Waals surface area contributed by atoms with E-state index in [0.29, 0.717) is 24.0 Å². The summed E-state index contributed by atoms with van der Waals surface area (Å²) in [5, 5.41) is 5.67. The highest BCUT2D eigenvalue weighted by molar-refractivity contribution is 7.80. The second-order valence-electron chi connectivity index (χ2n) is 7.51. The van der Waals surface area contributed by atoms with Crippen LogP contribution in [0, 0.1) is 0 Å². The molecule has 0 atom stereocenters. The summed E-state index contributed by atoms with van der Waals surface area (Å²) in [5.74, 6) is 1.35. The van der Waals surface area contributed by atoms with Crippen molar-refractivity contribution in [3.05, 3.63) is 65.4 Å². The fraction of sp³-hybridized carbons (Fsp3) is 0.273. The van der Waals surface area contributed by atoms with Crippen LogP contribution >= 0.6 is 12.2 Å². The summed E-state index contributed by atoms with van der Waals surface area (Å²) in [6.07, 6.45) is 1.74. The number of amides is 1. The van der Waals surface area contributed by atoms with Crippen LogP contribution in [0.4, 0.5) is 0 Å². The molecule has 5 nitrogen and oxygen atoms in total. The summed E-state index contributed by atoms with van der Waals surface area (Å²) >= 11 is 4.91. The van der Waals surface area contributed by atoms with Gasteiger partial charge in [-0.15, -0.1) is 0 Å². The van der Waals surface area contributed by atoms with Gasteiger partial charge in [-0.05, 0) is 59.1 Å². The molecular formula is C22H24N2O3S. The van der Waals surface area contributed by atoms with Gasteiger partial charge in [-0.2, -0.15) is 0 Å². The highest BCUT2D eigenvalue weighted by atomic mass is 32.1. The van der Waals surface area contributed by atoms with Gasteiger partial charge < -0.3 is 14.8 Å². The fourth-order valence-electron chi connectivity index (χ4n) is 2.68. The number of hydrogen-bond acceptors (Lipinski definition) is 4. The third-order valence-electron chi connectivity index (χ3n) is 4.25. The van der Waals surface area contributed by atoms with E-state index in [1.165, 1.54) is 5.56 Å². The molecule has 2 aromatic rings. The van der Waals surface area contributed by atoms with E-state index in [0.717, 1.165) is 17.1 Å². The number of ether oxygens (including phenoxy) is 2. The highest BCUT2D eigenvalue weighted by Crippen LogP contribution is 2.24. The van der Waals surface area contributed by atoms with Crippen LogP contribution in [0.1, 0.15) is 31.9 Å². The molecule has 1 saturated heterocycles. The first-order chi connectivity index (χ1) is 13.3. The average Bonchev–Trinajstić information content (AvgIpc) is 2.97. The van der Waals surface area contributed by atoms with E-state index in [1.807, 2.05) is 36.4 Å². The number of nitrogens with one attached hydrogen (secondary N) is 2. The Bertz CT molecular complexity index is 881. The molecule has 28 heavy (non-hydrogen) atoms. The van der Waals surface area contributed by atoms with E-state index in [1.54, 1.807) is 6.08 Å². The molecule has 3 rings (SSSR count). The molecule has 0 radical (unpaired) electrons. The second kappa shape index (κ2) is 8.44. The minimum atomic E-state index is -0.224. The quantitative estimate of drug-likeness (QED) is 0.442. The number of carbonyl (C=O) groups excluding carboxylic acids is 1. The number of thiocarbonyl (C=S) groups is 1. The van der Waals surface area contributed by atoms with Crippen LogP contribution < -0.4 is 20.1 Å². The van der Waals surface area contributed by atoms with Crippen LogP contribution in [-0.2, 0) is 10.2 Å². The second-order valence-corrected chi connectivity index (χ2v) is 7.91. The van der Waals surface area contributed by atoms with E-state index >= 15 is 0 Å². The van der Waals surface area contributed by atoms with Crippen LogP contribution in [0.2, 0.25) is 0 Å². The predicted molar refractivity (Wildman–Crippen MR) is 114 cm³/mol. The molecule has 0 aromatic heterocycles. The van der Waals surface area contributed by atoms with Crippen molar-refractivity contribution in [2.45, 2.75) is 26.2 Å². The third kappa shape index (κ3) is 5.33. The summed E-state index contributed by atoms with van der Waals surface area (Å²) in [5.41, 5.74) is 2.72. The lowest BCUT2D eigenvalue weighted by Gasteiger charge is -2.19. The van der Waals surface area contributed by atoms with Gasteiger partial charge in [-0.3, -0.25) is 10.1 Å². The van der Waals surface area contributed by atoms with E-state index in [4.69, 9.17) is 21.7 Å². The molecule has 1 aliphatic heterocycles. The maximum atomic E-state index is 11.6. The van der Waals surface area contributed by atoms with Gasteiger partial charge in [-0.25, -0.2) is 0 Å². The number of hydrogen-bond donors (Lipinski definition) is 2. The van der Waals surface area contributed by atoms with Crippen LogP contribution in [-0.4, -0.2) is 24.2 Å². The Labute approximate surface area is 170 Å². The zero-order chi connectivity index (χ0) is 20.1. The maximum absolute atomic E-state index is 11.6. The lowest BCUT2D eigenvalue weighted by Crippen LogP contribution is -2.21. The van der Waals surface area contributed by atoms with E-state index in [9.17, 15) is 4.79 Å². The maximum Gasteiger partial charge on any atom is 0.273 e. The molecule has 1 aliphatic rings. The smallest absolute Gasteiger partial charge is 0.273 e. The first-order valence-corrected chi connectivity index (χ1v) is 9.52. The first-order valence-electron chi connectivity index (χ1n) is 9.11. The Morgan fingerprint density at radius 3 is 1.89 bits per heavy atom. The van der Waals surface area contributed by atoms with Crippen molar-refractivity contribution < 1.29 is 14.3 Å². The fourth-order valence-corrected chi connectivity index (χ4v) is 2.88. The van der Waals surface area contributed by atoms with Crippen LogP contribution in [0.25, 0.3) is 6.08 Å². The number of rotatable bonds is 6. The molecule has 0 aliphatic carbocycles. The van der Waals surface area contributed by atoms with E-state index < -0.39 is 0 Å². The van der Waals surface area contributed by atoms with Gasteiger partial charge in [-0.1, -0.05) is 45.0 Å². The normalized spacial score (nSPS) is 15.3. The summed E-state index contributed by atoms with van der Waals surface area (Å²) in [6, 6.07) is 15.6. The standard InChI is InChI=1S/C22H24N2O3S/c1-22(2,3)16-6-10-18(11-7-16)27-13-12-26-17-8-4-15(5-9-17)14-19-20(25)24-21(28)23-19/h4-11,14H,12-13H2,1-3H3,(H2,23,24,25,28). The van der Waals surface area contributed by atoms with Gasteiger partial charge in [0.05, 0.1) is 0 Å². The van der Waals surface area contributed by atoms with Gasteiger partial charge in [0.2, 0.25) is 0 Å². The molecule has 0 bridgehead atoms. The summed E-state index contributed by atoms with van der Waals surface area (Å²) in [4.78, 5) is 11.6. The Hall–Kier alpha value is -2.86. The van der Waals surface area contributed by atoms with E-state index in [2.05, 4.69) is 43.5 Å². The predicted octanol–water partition coefficient (Wildman–Crippen LogP) is 3.79. The van der Waals surface area contributed by atoms with Crippen molar-refractivity contribution in [2.75, 3.05) is 13.2 Å². The van der Waals surface area contributed by atoms with Gasteiger partial charge >= 0.3 is 0 Å². The minimum absolute atomic E-state index is 0.132. The lowest BCUT2D eigenvalue weighted by molar-refractivity contribution is -0.115. The van der Waals surface area contributed by atoms with Crippen molar-refractivity contribution >= 4 is 29.3 Å². The molecule has 2 N–H and O–H groups in total. The number of carbonyl (C=O) groups is 1. The zero-order valence-electron chi connectivity index (χ0n) is 16.2. The summed E-state index contributed by atoms with van der Waals surface area (Å²) < 4.78 is 11.4. The highest BCUT2D eigenvalue weighted by Gasteiger charge is 2.19. The largest absolute Gasteiger partial charge is 0.490 e. The Kier molecular flexibility index (Phi) is 5.99. The Morgan fingerprint density at radius 2 is 1.43 bits per heavy atom. The number of benzene rings is 2. The van der Waals surface area contributed by atoms with Crippen molar-refractivity contribution in [1.29, 1.82) is 0 Å². The van der Waals surface area contributed by atoms with Crippen LogP contribution in [0.15, 0.2) is 54.2 Å². The van der Waals surface area contributed by atoms with Gasteiger partial charge in [0, 0.05) is 0 Å². The molecule has 0 saturated carbocycles. The topological polar surface area (TPSA) is 59.6 Å². The molecule has 1 amide bonds. The lowest BCUT2D eigenvalue weighted by atomic mass is 9.87. The van der Waals surface area contributed by atoms with Crippen molar-refractivity contribution in [2.24, 2.45) is 0 Å². The Morgan fingerprint density at radius 1 is 0.893 bits per heavy atom. The third-order valence-corrected chi connectivity index (χ3v) is 4.46. The van der Waals surface area contributed by atoms with Crippen LogP contribution in [0.3, 0.4) is 0 Å². The zero-order valence-corrected chi connectivity index (χ0v) is 17.1. The van der Waals surface area contributed by atoms with E-state index in [-0.39, 0.29) is 11.3 Å². The summed E-state index contributed by atoms with van der Waals surface area (Å²) in [6.45, 7) is 7.47. The Balaban J connectivity index is 1.46. The van der Waals surface area contributed by atoms with Gasteiger partial charge in [0.25, 0.3) is 5.91 Å². The SMILES string of the molecule is CC(C)(C)c1ccc(OCCOc2ccc(C=C3NC(=S)NC3=O)cc2)cc1. The summed E-state index contributed by atoms with van der Waals surface area (Å²) in [7, 11) is 0. The molecule has 0 spiro atoms. The van der Waals surface area contributed by atoms with Gasteiger partial charge in [0.1, 0.15) is 30.4 Å². The molecular weight excluding hydrogens is 372 g/mol. The van der Waals surface area contributed by atoms with Crippen molar-refractivity contribution in [3.8, 4) is 11.5 Å². The monoisotopic (exact) mass is 396 g/mol. The average molecular weight is 397 g/mol. The first kappa shape index (κ1) is 19.9. The molecule has 1 heterocycles. The minimum Gasteiger partial charge on any atom is -0.490 e. The molecule has 6 heteroatoms. The van der Waals surface area contributed by atoms with Gasteiger partial charge in [0.15, 0.2) is 5.11 Å². The van der Waals surface area contributed by atoms with Crippen molar-refractivity contribution in [3.63, 3.8) is 0 Å². The molecule has 146 valence electrons. The molecule has 2 aromatic carbocycles. The van der Waals surface area contributed by atoms with Crippen LogP contribution in [0.5, 0.6) is 11.5 Å².